The molecule has 124 valence electrons. The molecule has 0 spiro atoms. The minimum atomic E-state index is -0.286. The Morgan fingerprint density at radius 1 is 1.39 bits per heavy atom. The van der Waals surface area contributed by atoms with E-state index in [1.54, 1.807) is 0 Å². The van der Waals surface area contributed by atoms with Crippen molar-refractivity contribution in [2.24, 2.45) is 11.7 Å². The number of pyridine rings is 1. The number of para-hydroxylation sites is 1. The Kier molecular flexibility index (Phi) is 5.84. The number of nitrogens with one attached hydrogen (secondary N) is 2. The Balaban J connectivity index is 0.00000192. The zero-order valence-electron chi connectivity index (χ0n) is 12.5. The number of aromatic nitrogens is 1. The predicted octanol–water partition coefficient (Wildman–Crippen LogP) is 2.57. The number of fused-ring (bicyclic) bond motifs is 1. The second-order valence-electron chi connectivity index (χ2n) is 5.72. The van der Waals surface area contributed by atoms with Crippen LogP contribution in [0.5, 0.6) is 0 Å². The van der Waals surface area contributed by atoms with E-state index in [4.69, 9.17) is 5.73 Å². The summed E-state index contributed by atoms with van der Waals surface area (Å²) in [5.41, 5.74) is 6.52. The van der Waals surface area contributed by atoms with Crippen molar-refractivity contribution in [3.8, 4) is 0 Å². The molecule has 1 aliphatic carbocycles. The monoisotopic (exact) mass is 399 g/mol. The quantitative estimate of drug-likeness (QED) is 0.740. The fraction of sp³-hybridized carbons (Fsp3) is 0.375. The van der Waals surface area contributed by atoms with Crippen molar-refractivity contribution >= 4 is 45.1 Å². The fourth-order valence-electron chi connectivity index (χ4n) is 3.19. The van der Waals surface area contributed by atoms with Gasteiger partial charge in [0, 0.05) is 22.0 Å². The summed E-state index contributed by atoms with van der Waals surface area (Å²) in [5.74, 6) is 0.114. The van der Waals surface area contributed by atoms with E-state index < -0.39 is 0 Å². The number of rotatable bonds is 3. The van der Waals surface area contributed by atoms with Gasteiger partial charge in [-0.25, -0.2) is 0 Å². The maximum Gasteiger partial charge on any atom is 0.252 e. The number of nitrogens with two attached hydrogens (primary N) is 1. The van der Waals surface area contributed by atoms with Crippen LogP contribution in [0.15, 0.2) is 33.5 Å². The average Bonchev–Trinajstić information content (AvgIpc) is 2.94. The molecule has 3 rings (SSSR count). The van der Waals surface area contributed by atoms with E-state index >= 15 is 0 Å². The first-order valence-corrected chi connectivity index (χ1v) is 8.22. The Bertz CT molecular complexity index is 777. The zero-order valence-corrected chi connectivity index (χ0v) is 14.9. The second kappa shape index (κ2) is 7.47. The molecule has 0 saturated heterocycles. The molecule has 5 nitrogen and oxygen atoms in total. The summed E-state index contributed by atoms with van der Waals surface area (Å²) in [4.78, 5) is 27.2. The Labute approximate surface area is 148 Å². The Morgan fingerprint density at radius 2 is 2.17 bits per heavy atom. The number of amides is 1. The van der Waals surface area contributed by atoms with Crippen LogP contribution in [0, 0.1) is 5.92 Å². The van der Waals surface area contributed by atoms with Gasteiger partial charge in [0.15, 0.2) is 0 Å². The maximum atomic E-state index is 12.6. The highest BCUT2D eigenvalue weighted by Gasteiger charge is 2.28. The Hall–Kier alpha value is -1.37. The molecule has 1 aromatic heterocycles. The minimum absolute atomic E-state index is 0. The molecule has 1 saturated carbocycles. The molecule has 1 heterocycles. The van der Waals surface area contributed by atoms with Crippen LogP contribution >= 0.6 is 28.3 Å². The van der Waals surface area contributed by atoms with Crippen LogP contribution in [0.4, 0.5) is 0 Å². The second-order valence-corrected chi connectivity index (χ2v) is 6.57. The molecule has 1 aromatic carbocycles. The van der Waals surface area contributed by atoms with Gasteiger partial charge in [-0.1, -0.05) is 18.6 Å². The zero-order chi connectivity index (χ0) is 15.7. The Morgan fingerprint density at radius 3 is 2.91 bits per heavy atom. The molecule has 2 unspecified atom stereocenters. The first-order valence-electron chi connectivity index (χ1n) is 7.42. The highest BCUT2D eigenvalue weighted by Crippen LogP contribution is 2.26. The van der Waals surface area contributed by atoms with Crippen molar-refractivity contribution in [3.63, 3.8) is 0 Å². The van der Waals surface area contributed by atoms with E-state index in [0.717, 1.165) is 29.1 Å². The number of halogens is 2. The lowest BCUT2D eigenvalue weighted by Crippen LogP contribution is -2.40. The number of H-pyrrole nitrogens is 1. The van der Waals surface area contributed by atoms with Gasteiger partial charge in [0.25, 0.3) is 5.91 Å². The van der Waals surface area contributed by atoms with Crippen molar-refractivity contribution in [3.05, 3.63) is 44.7 Å². The first kappa shape index (κ1) is 18.0. The topological polar surface area (TPSA) is 88.0 Å². The number of carbonyl (C=O) groups is 1. The molecular weight excluding hydrogens is 382 g/mol. The molecule has 0 bridgehead atoms. The number of hydrogen-bond donors (Lipinski definition) is 3. The van der Waals surface area contributed by atoms with Gasteiger partial charge in [-0.3, -0.25) is 9.59 Å². The van der Waals surface area contributed by atoms with E-state index in [0.29, 0.717) is 23.5 Å². The molecule has 0 aliphatic heterocycles. The summed E-state index contributed by atoms with van der Waals surface area (Å²) in [6.45, 7) is 0.576. The van der Waals surface area contributed by atoms with Gasteiger partial charge in [0.1, 0.15) is 0 Å². The van der Waals surface area contributed by atoms with Crippen LogP contribution in [-0.4, -0.2) is 23.5 Å². The lowest BCUT2D eigenvalue weighted by Gasteiger charge is -2.20. The van der Waals surface area contributed by atoms with E-state index in [1.165, 1.54) is 6.07 Å². The lowest BCUT2D eigenvalue weighted by atomic mass is 10.0. The van der Waals surface area contributed by atoms with Gasteiger partial charge in [0.05, 0.1) is 11.1 Å². The number of hydrogen-bond acceptors (Lipinski definition) is 3. The summed E-state index contributed by atoms with van der Waals surface area (Å²) >= 11 is 3.40. The predicted molar refractivity (Wildman–Crippen MR) is 97.2 cm³/mol. The molecule has 7 heteroatoms. The first-order chi connectivity index (χ1) is 10.6. The third kappa shape index (κ3) is 3.59. The van der Waals surface area contributed by atoms with Crippen LogP contribution < -0.4 is 16.6 Å². The van der Waals surface area contributed by atoms with Crippen molar-refractivity contribution < 1.29 is 4.79 Å². The summed E-state index contributed by atoms with van der Waals surface area (Å²) in [6.07, 6.45) is 3.07. The maximum absolute atomic E-state index is 12.6. The van der Waals surface area contributed by atoms with Crippen LogP contribution in [0.3, 0.4) is 0 Å². The van der Waals surface area contributed by atoms with Crippen molar-refractivity contribution in [2.75, 3.05) is 6.54 Å². The molecule has 23 heavy (non-hydrogen) atoms. The third-order valence-corrected chi connectivity index (χ3v) is 5.01. The van der Waals surface area contributed by atoms with Crippen LogP contribution in [0.2, 0.25) is 0 Å². The summed E-state index contributed by atoms with van der Waals surface area (Å²) < 4.78 is 0.762. The standard InChI is InChI=1S/C16H18BrN3O2.ClH/c17-12-5-2-4-10-11(7-14(21)20-15(10)12)16(22)19-13-6-1-3-9(13)8-18;/h2,4-5,7,9,13H,1,3,6,8,18H2,(H,19,22)(H,20,21);1H. The van der Waals surface area contributed by atoms with Crippen molar-refractivity contribution in [1.82, 2.24) is 10.3 Å². The highest BCUT2D eigenvalue weighted by molar-refractivity contribution is 9.10. The van der Waals surface area contributed by atoms with Crippen LogP contribution in [0.1, 0.15) is 29.6 Å². The molecule has 2 atom stereocenters. The van der Waals surface area contributed by atoms with Gasteiger partial charge < -0.3 is 16.0 Å². The van der Waals surface area contributed by atoms with E-state index in [2.05, 4.69) is 26.2 Å². The molecule has 1 amide bonds. The van der Waals surface area contributed by atoms with Crippen molar-refractivity contribution in [2.45, 2.75) is 25.3 Å². The molecule has 0 radical (unpaired) electrons. The lowest BCUT2D eigenvalue weighted by molar-refractivity contribution is 0.0930. The fourth-order valence-corrected chi connectivity index (χ4v) is 3.65. The summed E-state index contributed by atoms with van der Waals surface area (Å²) in [7, 11) is 0. The van der Waals surface area contributed by atoms with Gasteiger partial charge in [0.2, 0.25) is 5.56 Å². The van der Waals surface area contributed by atoms with Crippen LogP contribution in [-0.2, 0) is 0 Å². The number of carbonyl (C=O) groups excluding carboxylic acids is 1. The van der Waals surface area contributed by atoms with Crippen molar-refractivity contribution in [1.29, 1.82) is 0 Å². The molecule has 1 fully saturated rings. The molecule has 4 N–H and O–H groups in total. The third-order valence-electron chi connectivity index (χ3n) is 4.35. The largest absolute Gasteiger partial charge is 0.349 e. The summed E-state index contributed by atoms with van der Waals surface area (Å²) in [6, 6.07) is 6.97. The smallest absolute Gasteiger partial charge is 0.252 e. The van der Waals surface area contributed by atoms with Gasteiger partial charge in [-0.15, -0.1) is 12.4 Å². The SMILES string of the molecule is Cl.NCC1CCCC1NC(=O)c1cc(=O)[nH]c2c(Br)cccc12. The van der Waals surface area contributed by atoms with Gasteiger partial charge >= 0.3 is 0 Å². The summed E-state index contributed by atoms with van der Waals surface area (Å²) in [5, 5.41) is 3.78. The van der Waals surface area contributed by atoms with Gasteiger partial charge in [-0.05, 0) is 47.3 Å². The van der Waals surface area contributed by atoms with E-state index in [1.807, 2.05) is 18.2 Å². The van der Waals surface area contributed by atoms with E-state index in [9.17, 15) is 9.59 Å². The molecule has 1 aliphatic rings. The minimum Gasteiger partial charge on any atom is -0.349 e. The molecular formula is C16H19BrClN3O2. The average molecular weight is 401 g/mol. The highest BCUT2D eigenvalue weighted by atomic mass is 79.9. The van der Waals surface area contributed by atoms with Gasteiger partial charge in [-0.2, -0.15) is 0 Å². The number of benzene rings is 1. The molecule has 2 aromatic rings. The van der Waals surface area contributed by atoms with Crippen LogP contribution in [0.25, 0.3) is 10.9 Å². The number of aromatic amines is 1. The normalized spacial score (nSPS) is 20.3. The van der Waals surface area contributed by atoms with E-state index in [-0.39, 0.29) is 29.9 Å².